The minimum Gasteiger partial charge on any atom is -0.481 e. The second kappa shape index (κ2) is 5.87. The fourth-order valence-electron chi connectivity index (χ4n) is 1.84. The van der Waals surface area contributed by atoms with Gasteiger partial charge in [-0.2, -0.15) is 0 Å². The number of nitrogens with zero attached hydrogens (tertiary/aromatic N) is 1. The number of pyridine rings is 1. The number of rotatable bonds is 6. The number of hydrogen-bond donors (Lipinski definition) is 2. The van der Waals surface area contributed by atoms with Gasteiger partial charge in [-0.1, -0.05) is 12.1 Å². The third kappa shape index (κ3) is 3.67. The lowest BCUT2D eigenvalue weighted by molar-refractivity contribution is -0.137. The number of sulfonamides is 1. The van der Waals surface area contributed by atoms with E-state index in [-0.39, 0.29) is 18.6 Å². The molecular weight excluding hydrogens is 280 g/mol. The molecule has 1 aromatic heterocycles. The van der Waals surface area contributed by atoms with Crippen molar-refractivity contribution in [3.63, 3.8) is 0 Å². The lowest BCUT2D eigenvalue weighted by Gasteiger charge is -2.10. The summed E-state index contributed by atoms with van der Waals surface area (Å²) in [6.07, 6.45) is 3.15. The lowest BCUT2D eigenvalue weighted by atomic mass is 10.1. The van der Waals surface area contributed by atoms with Gasteiger partial charge in [-0.15, -0.1) is 0 Å². The van der Waals surface area contributed by atoms with Gasteiger partial charge < -0.3 is 5.11 Å². The number of hydrogen-bond acceptors (Lipinski definition) is 4. The van der Waals surface area contributed by atoms with Crippen LogP contribution < -0.4 is 4.72 Å². The highest BCUT2D eigenvalue weighted by molar-refractivity contribution is 7.92. The van der Waals surface area contributed by atoms with E-state index in [2.05, 4.69) is 9.71 Å². The number of fused-ring (bicyclic) bond motifs is 1. The van der Waals surface area contributed by atoms with Gasteiger partial charge in [0.1, 0.15) is 0 Å². The molecule has 0 saturated heterocycles. The average molecular weight is 294 g/mol. The maximum Gasteiger partial charge on any atom is 0.303 e. The first kappa shape index (κ1) is 14.3. The smallest absolute Gasteiger partial charge is 0.303 e. The van der Waals surface area contributed by atoms with Gasteiger partial charge in [0.15, 0.2) is 0 Å². The van der Waals surface area contributed by atoms with Crippen LogP contribution in [0.25, 0.3) is 10.8 Å². The van der Waals surface area contributed by atoms with Crippen LogP contribution in [0.5, 0.6) is 0 Å². The fraction of sp³-hybridized carbons (Fsp3) is 0.231. The fourth-order valence-corrected chi connectivity index (χ4v) is 2.98. The van der Waals surface area contributed by atoms with Crippen molar-refractivity contribution in [1.82, 2.24) is 4.98 Å². The van der Waals surface area contributed by atoms with Crippen molar-refractivity contribution in [1.29, 1.82) is 0 Å². The molecule has 0 spiro atoms. The van der Waals surface area contributed by atoms with Gasteiger partial charge in [0.25, 0.3) is 0 Å². The summed E-state index contributed by atoms with van der Waals surface area (Å²) in [6.45, 7) is 0. The topological polar surface area (TPSA) is 96.4 Å². The molecule has 0 aliphatic heterocycles. The molecule has 0 aliphatic rings. The van der Waals surface area contributed by atoms with E-state index in [0.29, 0.717) is 5.69 Å². The van der Waals surface area contributed by atoms with Crippen LogP contribution in [0.2, 0.25) is 0 Å². The molecule has 1 heterocycles. The Morgan fingerprint density at radius 2 is 2.10 bits per heavy atom. The number of aliphatic carboxylic acids is 1. The van der Waals surface area contributed by atoms with Gasteiger partial charge in [0, 0.05) is 29.6 Å². The Bertz CT molecular complexity index is 723. The van der Waals surface area contributed by atoms with Crippen LogP contribution in [-0.4, -0.2) is 30.2 Å². The van der Waals surface area contributed by atoms with Crippen LogP contribution in [0.1, 0.15) is 12.8 Å². The molecule has 0 unspecified atom stereocenters. The monoisotopic (exact) mass is 294 g/mol. The van der Waals surface area contributed by atoms with Gasteiger partial charge in [-0.25, -0.2) is 8.42 Å². The van der Waals surface area contributed by atoms with E-state index in [1.165, 1.54) is 0 Å². The summed E-state index contributed by atoms with van der Waals surface area (Å²) in [7, 11) is -3.56. The molecule has 7 heteroatoms. The van der Waals surface area contributed by atoms with Crippen LogP contribution in [0.15, 0.2) is 36.7 Å². The van der Waals surface area contributed by atoms with Gasteiger partial charge in [-0.3, -0.25) is 14.5 Å². The van der Waals surface area contributed by atoms with E-state index in [4.69, 9.17) is 5.11 Å². The van der Waals surface area contributed by atoms with Crippen LogP contribution in [0.3, 0.4) is 0 Å². The van der Waals surface area contributed by atoms with Gasteiger partial charge in [0.05, 0.1) is 11.4 Å². The number of carboxylic acids is 1. The standard InChI is InChI=1S/C13H14N2O4S/c16-13(17)5-2-8-20(18,19)15-12-4-1-3-10-9-14-7-6-11(10)12/h1,3-4,6-7,9,15H,2,5,8H2,(H,16,17). The predicted molar refractivity (Wildman–Crippen MR) is 76.0 cm³/mol. The summed E-state index contributed by atoms with van der Waals surface area (Å²) in [6, 6.07) is 6.96. The zero-order chi connectivity index (χ0) is 14.6. The van der Waals surface area contributed by atoms with Crippen molar-refractivity contribution >= 4 is 32.5 Å². The molecule has 0 atom stereocenters. The van der Waals surface area contributed by atoms with E-state index in [9.17, 15) is 13.2 Å². The van der Waals surface area contributed by atoms with E-state index >= 15 is 0 Å². The molecule has 2 rings (SSSR count). The number of carbonyl (C=O) groups is 1. The molecule has 2 aromatic rings. The third-order valence-corrected chi connectivity index (χ3v) is 4.11. The minimum atomic E-state index is -3.56. The number of benzene rings is 1. The van der Waals surface area contributed by atoms with E-state index < -0.39 is 16.0 Å². The summed E-state index contributed by atoms with van der Waals surface area (Å²) in [4.78, 5) is 14.4. The molecular formula is C13H14N2O4S. The molecule has 0 aliphatic carbocycles. The van der Waals surface area contributed by atoms with Gasteiger partial charge in [0.2, 0.25) is 10.0 Å². The van der Waals surface area contributed by atoms with Crippen molar-refractivity contribution in [2.75, 3.05) is 10.5 Å². The zero-order valence-electron chi connectivity index (χ0n) is 10.6. The first-order chi connectivity index (χ1) is 9.48. The first-order valence-electron chi connectivity index (χ1n) is 6.03. The van der Waals surface area contributed by atoms with Crippen molar-refractivity contribution in [2.24, 2.45) is 0 Å². The molecule has 1 aromatic carbocycles. The Kier molecular flexibility index (Phi) is 4.19. The Morgan fingerprint density at radius 3 is 2.85 bits per heavy atom. The molecule has 0 saturated carbocycles. The quantitative estimate of drug-likeness (QED) is 0.847. The van der Waals surface area contributed by atoms with Crippen LogP contribution in [-0.2, 0) is 14.8 Å². The minimum absolute atomic E-state index is 0.0803. The molecule has 6 nitrogen and oxygen atoms in total. The molecule has 2 N–H and O–H groups in total. The molecule has 20 heavy (non-hydrogen) atoms. The Morgan fingerprint density at radius 1 is 1.30 bits per heavy atom. The molecule has 0 bridgehead atoms. The van der Waals surface area contributed by atoms with E-state index in [1.54, 1.807) is 30.6 Å². The highest BCUT2D eigenvalue weighted by Crippen LogP contribution is 2.23. The summed E-state index contributed by atoms with van der Waals surface area (Å²) >= 11 is 0. The second-order valence-electron chi connectivity index (χ2n) is 4.32. The maximum absolute atomic E-state index is 11.9. The van der Waals surface area contributed by atoms with E-state index in [1.807, 2.05) is 6.07 Å². The highest BCUT2D eigenvalue weighted by Gasteiger charge is 2.13. The lowest BCUT2D eigenvalue weighted by Crippen LogP contribution is -2.17. The highest BCUT2D eigenvalue weighted by atomic mass is 32.2. The van der Waals surface area contributed by atoms with Crippen LogP contribution in [0.4, 0.5) is 5.69 Å². The molecule has 0 amide bonds. The van der Waals surface area contributed by atoms with Crippen molar-refractivity contribution in [3.05, 3.63) is 36.7 Å². The largest absolute Gasteiger partial charge is 0.481 e. The number of carboxylic acid groups (broad SMARTS) is 1. The summed E-state index contributed by atoms with van der Waals surface area (Å²) < 4.78 is 26.3. The van der Waals surface area contributed by atoms with E-state index in [0.717, 1.165) is 10.8 Å². The summed E-state index contributed by atoms with van der Waals surface area (Å²) in [5.41, 5.74) is 0.472. The normalized spacial score (nSPS) is 11.4. The Balaban J connectivity index is 2.17. The van der Waals surface area contributed by atoms with Crippen molar-refractivity contribution in [3.8, 4) is 0 Å². The first-order valence-corrected chi connectivity index (χ1v) is 7.68. The SMILES string of the molecule is O=C(O)CCCS(=O)(=O)Nc1cccc2cnccc12. The predicted octanol–water partition coefficient (Wildman–Crippen LogP) is 1.84. The van der Waals surface area contributed by atoms with Crippen LogP contribution in [0, 0.1) is 0 Å². The summed E-state index contributed by atoms with van der Waals surface area (Å²) in [5.74, 6) is -1.22. The van der Waals surface area contributed by atoms with Crippen molar-refractivity contribution in [2.45, 2.75) is 12.8 Å². The number of aromatic nitrogens is 1. The zero-order valence-corrected chi connectivity index (χ0v) is 11.4. The second-order valence-corrected chi connectivity index (χ2v) is 6.16. The maximum atomic E-state index is 11.9. The Labute approximate surface area is 116 Å². The average Bonchev–Trinajstić information content (AvgIpc) is 2.38. The molecule has 0 radical (unpaired) electrons. The number of anilines is 1. The summed E-state index contributed by atoms with van der Waals surface area (Å²) in [5, 5.41) is 10.1. The molecule has 0 fully saturated rings. The third-order valence-electron chi connectivity index (χ3n) is 2.75. The molecule has 106 valence electrons. The van der Waals surface area contributed by atoms with Gasteiger partial charge >= 0.3 is 5.97 Å². The Hall–Kier alpha value is -2.15. The van der Waals surface area contributed by atoms with Gasteiger partial charge in [-0.05, 0) is 18.6 Å². The van der Waals surface area contributed by atoms with Crippen LogP contribution >= 0.6 is 0 Å². The number of nitrogens with one attached hydrogen (secondary N) is 1. The van der Waals surface area contributed by atoms with Crippen molar-refractivity contribution < 1.29 is 18.3 Å².